The highest BCUT2D eigenvalue weighted by Gasteiger charge is 2.07. The molecule has 1 unspecified atom stereocenters. The van der Waals surface area contributed by atoms with E-state index in [2.05, 4.69) is 37.8 Å². The van der Waals surface area contributed by atoms with Crippen molar-refractivity contribution >= 4 is 0 Å². The van der Waals surface area contributed by atoms with Gasteiger partial charge >= 0.3 is 0 Å². The van der Waals surface area contributed by atoms with Gasteiger partial charge in [0.25, 0.3) is 0 Å². The topological polar surface area (TPSA) is 26.0 Å². The number of hydrogen-bond donors (Lipinski definition) is 1. The van der Waals surface area contributed by atoms with Crippen molar-refractivity contribution < 1.29 is 0 Å². The van der Waals surface area contributed by atoms with Crippen LogP contribution in [0.2, 0.25) is 0 Å². The highest BCUT2D eigenvalue weighted by atomic mass is 14.6. The van der Waals surface area contributed by atoms with Gasteiger partial charge in [-0.2, -0.15) is 0 Å². The molecule has 2 atom stereocenters. The van der Waals surface area contributed by atoms with Gasteiger partial charge in [-0.1, -0.05) is 57.1 Å². The van der Waals surface area contributed by atoms with Gasteiger partial charge in [0, 0.05) is 18.0 Å². The molecule has 0 radical (unpaired) electrons. The lowest BCUT2D eigenvalue weighted by molar-refractivity contribution is 0.462. The Morgan fingerprint density at radius 1 is 1.47 bits per heavy atom. The first-order chi connectivity index (χ1) is 8.27. The minimum atomic E-state index is 0.114. The molecule has 94 valence electrons. The van der Waals surface area contributed by atoms with Crippen LogP contribution in [-0.4, -0.2) is 6.04 Å². The third-order valence-corrected chi connectivity index (χ3v) is 3.37. The van der Waals surface area contributed by atoms with Crippen LogP contribution in [0.15, 0.2) is 23.8 Å². The fourth-order valence-electron chi connectivity index (χ4n) is 2.02. The van der Waals surface area contributed by atoms with Crippen molar-refractivity contribution in [2.45, 2.75) is 58.4 Å². The maximum atomic E-state index is 5.99. The molecule has 0 saturated carbocycles. The molecule has 1 nitrogen and oxygen atoms in total. The average molecular weight is 231 g/mol. The lowest BCUT2D eigenvalue weighted by atomic mass is 9.95. The van der Waals surface area contributed by atoms with E-state index in [4.69, 9.17) is 5.73 Å². The van der Waals surface area contributed by atoms with Crippen molar-refractivity contribution in [3.63, 3.8) is 0 Å². The maximum Gasteiger partial charge on any atom is 0.0410 e. The van der Waals surface area contributed by atoms with Crippen LogP contribution in [0.4, 0.5) is 0 Å². The van der Waals surface area contributed by atoms with Crippen LogP contribution >= 0.6 is 0 Å². The van der Waals surface area contributed by atoms with Crippen LogP contribution in [0.25, 0.3) is 0 Å². The number of hydrogen-bond acceptors (Lipinski definition) is 1. The first-order valence-electron chi connectivity index (χ1n) is 6.89. The van der Waals surface area contributed by atoms with E-state index in [-0.39, 0.29) is 6.04 Å². The van der Waals surface area contributed by atoms with Crippen LogP contribution in [-0.2, 0) is 0 Å². The van der Waals surface area contributed by atoms with Gasteiger partial charge in [-0.3, -0.25) is 0 Å². The van der Waals surface area contributed by atoms with E-state index in [9.17, 15) is 0 Å². The summed E-state index contributed by atoms with van der Waals surface area (Å²) in [6, 6.07) is 0.114. The van der Waals surface area contributed by atoms with E-state index in [0.717, 1.165) is 24.3 Å². The van der Waals surface area contributed by atoms with Crippen LogP contribution in [0, 0.1) is 17.8 Å². The molecule has 0 bridgehead atoms. The summed E-state index contributed by atoms with van der Waals surface area (Å²) in [7, 11) is 0. The first kappa shape index (κ1) is 14.1. The quantitative estimate of drug-likeness (QED) is 0.715. The number of nitrogens with two attached hydrogens (primary N) is 1. The fourth-order valence-corrected chi connectivity index (χ4v) is 2.02. The Kier molecular flexibility index (Phi) is 6.74. The smallest absolute Gasteiger partial charge is 0.0410 e. The molecule has 0 aromatic heterocycles. The molecular weight excluding hydrogens is 206 g/mol. The van der Waals surface area contributed by atoms with Gasteiger partial charge in [0.05, 0.1) is 0 Å². The molecule has 0 aromatic rings. The molecule has 1 aliphatic carbocycles. The van der Waals surface area contributed by atoms with Crippen molar-refractivity contribution in [1.29, 1.82) is 0 Å². The van der Waals surface area contributed by atoms with Gasteiger partial charge in [0.15, 0.2) is 0 Å². The molecule has 0 amide bonds. The van der Waals surface area contributed by atoms with Crippen molar-refractivity contribution in [2.24, 2.45) is 11.7 Å². The van der Waals surface area contributed by atoms with Crippen LogP contribution < -0.4 is 5.73 Å². The average Bonchev–Trinajstić information content (AvgIpc) is 2.35. The summed E-state index contributed by atoms with van der Waals surface area (Å²) in [5.41, 5.74) is 7.08. The lowest BCUT2D eigenvalue weighted by Gasteiger charge is -2.12. The van der Waals surface area contributed by atoms with Crippen molar-refractivity contribution in [1.82, 2.24) is 0 Å². The van der Waals surface area contributed by atoms with Crippen molar-refractivity contribution in [3.8, 4) is 11.8 Å². The second kappa shape index (κ2) is 8.14. The Hall–Kier alpha value is -1.00. The zero-order valence-electron chi connectivity index (χ0n) is 11.2. The number of unbranched alkanes of at least 4 members (excludes halogenated alkanes) is 1. The molecule has 0 spiro atoms. The van der Waals surface area contributed by atoms with Gasteiger partial charge in [-0.15, -0.1) is 0 Å². The summed E-state index contributed by atoms with van der Waals surface area (Å²) in [5, 5.41) is 0. The summed E-state index contributed by atoms with van der Waals surface area (Å²) in [4.78, 5) is 0. The van der Waals surface area contributed by atoms with E-state index in [1.807, 2.05) is 6.08 Å². The molecule has 2 N–H and O–H groups in total. The third kappa shape index (κ3) is 5.24. The summed E-state index contributed by atoms with van der Waals surface area (Å²) in [5.74, 6) is 7.32. The summed E-state index contributed by atoms with van der Waals surface area (Å²) < 4.78 is 0. The molecule has 0 aliphatic heterocycles. The van der Waals surface area contributed by atoms with E-state index >= 15 is 0 Å². The number of allylic oxidation sites excluding steroid dienone is 2. The number of rotatable bonds is 5. The van der Waals surface area contributed by atoms with Crippen LogP contribution in [0.3, 0.4) is 0 Å². The zero-order chi connectivity index (χ0) is 12.5. The SMILES string of the molecule is CCCC[C@H](CC)CC#CC1=CC=CCC1N. The van der Waals surface area contributed by atoms with Gasteiger partial charge in [0.1, 0.15) is 0 Å². The van der Waals surface area contributed by atoms with E-state index in [1.54, 1.807) is 0 Å². The van der Waals surface area contributed by atoms with Crippen molar-refractivity contribution in [2.75, 3.05) is 0 Å². The predicted octanol–water partition coefficient (Wildman–Crippen LogP) is 3.81. The monoisotopic (exact) mass is 231 g/mol. The Morgan fingerprint density at radius 3 is 2.94 bits per heavy atom. The normalized spacial score (nSPS) is 20.4. The zero-order valence-corrected chi connectivity index (χ0v) is 11.2. The Labute approximate surface area is 106 Å². The van der Waals surface area contributed by atoms with Gasteiger partial charge in [0.2, 0.25) is 0 Å². The first-order valence-corrected chi connectivity index (χ1v) is 6.89. The second-order valence-corrected chi connectivity index (χ2v) is 4.81. The van der Waals surface area contributed by atoms with E-state index in [1.165, 1.54) is 25.7 Å². The molecule has 17 heavy (non-hydrogen) atoms. The highest BCUT2D eigenvalue weighted by Crippen LogP contribution is 2.16. The third-order valence-electron chi connectivity index (χ3n) is 3.37. The Balaban J connectivity index is 2.43. The van der Waals surface area contributed by atoms with Crippen LogP contribution in [0.1, 0.15) is 52.4 Å². The summed E-state index contributed by atoms with van der Waals surface area (Å²) in [6.45, 7) is 4.51. The molecule has 1 rings (SSSR count). The largest absolute Gasteiger partial charge is 0.323 e. The fraction of sp³-hybridized carbons (Fsp3) is 0.625. The summed E-state index contributed by atoms with van der Waals surface area (Å²) >= 11 is 0. The van der Waals surface area contributed by atoms with Gasteiger partial charge in [-0.05, 0) is 24.8 Å². The van der Waals surface area contributed by atoms with E-state index < -0.39 is 0 Å². The predicted molar refractivity (Wildman–Crippen MR) is 75.5 cm³/mol. The Bertz CT molecular complexity index is 327. The van der Waals surface area contributed by atoms with Gasteiger partial charge < -0.3 is 5.73 Å². The molecule has 0 saturated heterocycles. The minimum absolute atomic E-state index is 0.114. The van der Waals surface area contributed by atoms with Crippen LogP contribution in [0.5, 0.6) is 0 Å². The lowest BCUT2D eigenvalue weighted by Crippen LogP contribution is -2.22. The minimum Gasteiger partial charge on any atom is -0.323 e. The molecule has 1 heteroatoms. The standard InChI is InChI=1S/C16H25N/c1-3-5-9-14(4-2)10-8-12-15-11-6-7-13-16(15)17/h6-7,11,14,16H,3-5,9-10,13,17H2,1-2H3/t14-,16?/m0/s1. The second-order valence-electron chi connectivity index (χ2n) is 4.81. The molecule has 0 fully saturated rings. The maximum absolute atomic E-state index is 5.99. The van der Waals surface area contributed by atoms with Crippen molar-refractivity contribution in [3.05, 3.63) is 23.8 Å². The summed E-state index contributed by atoms with van der Waals surface area (Å²) in [6.07, 6.45) is 13.3. The Morgan fingerprint density at radius 2 is 2.29 bits per heavy atom. The molecular formula is C16H25N. The molecule has 0 heterocycles. The van der Waals surface area contributed by atoms with E-state index in [0.29, 0.717) is 0 Å². The van der Waals surface area contributed by atoms with Gasteiger partial charge in [-0.25, -0.2) is 0 Å². The highest BCUT2D eigenvalue weighted by molar-refractivity contribution is 5.38. The molecule has 1 aliphatic rings. The molecule has 0 aromatic carbocycles.